The molecule has 0 unspecified atom stereocenters. The summed E-state index contributed by atoms with van der Waals surface area (Å²) in [5, 5.41) is 7.60. The molecule has 2 aromatic heterocycles. The van der Waals surface area contributed by atoms with Crippen LogP contribution in [0.2, 0.25) is 0 Å². The number of thiophene rings is 1. The fraction of sp³-hybridized carbons (Fsp3) is 0.273. The topological polar surface area (TPSA) is 92.5 Å². The molecule has 1 amide bonds. The SMILES string of the molecule is Cc1cc(NC(=O)c2cc(S(=O)(=O)N(C)C)cs2)no1. The van der Waals surface area contributed by atoms with Crippen molar-refractivity contribution in [1.29, 1.82) is 0 Å². The van der Waals surface area contributed by atoms with Gasteiger partial charge in [-0.05, 0) is 13.0 Å². The van der Waals surface area contributed by atoms with Crippen LogP contribution in [0.5, 0.6) is 0 Å². The second-order valence-corrected chi connectivity index (χ2v) is 7.27. The van der Waals surface area contributed by atoms with Crippen LogP contribution in [0.3, 0.4) is 0 Å². The molecule has 20 heavy (non-hydrogen) atoms. The van der Waals surface area contributed by atoms with E-state index in [1.54, 1.807) is 13.0 Å². The number of hydrogen-bond donors (Lipinski definition) is 1. The van der Waals surface area contributed by atoms with Gasteiger partial charge >= 0.3 is 0 Å². The Hall–Kier alpha value is -1.71. The number of carbonyl (C=O) groups excluding carboxylic acids is 1. The van der Waals surface area contributed by atoms with Crippen LogP contribution in [0.4, 0.5) is 5.82 Å². The molecule has 0 radical (unpaired) electrons. The van der Waals surface area contributed by atoms with Crippen molar-refractivity contribution in [2.24, 2.45) is 0 Å². The van der Waals surface area contributed by atoms with E-state index < -0.39 is 15.9 Å². The zero-order valence-electron chi connectivity index (χ0n) is 11.1. The summed E-state index contributed by atoms with van der Waals surface area (Å²) in [4.78, 5) is 12.3. The Morgan fingerprint density at radius 2 is 2.10 bits per heavy atom. The first-order valence-electron chi connectivity index (χ1n) is 5.56. The van der Waals surface area contributed by atoms with Gasteiger partial charge in [0.1, 0.15) is 5.76 Å². The van der Waals surface area contributed by atoms with Crippen LogP contribution in [-0.4, -0.2) is 37.9 Å². The minimum absolute atomic E-state index is 0.0917. The smallest absolute Gasteiger partial charge is 0.267 e. The first kappa shape index (κ1) is 14.7. The molecule has 0 saturated heterocycles. The minimum atomic E-state index is -3.53. The molecule has 0 aromatic carbocycles. The predicted molar refractivity (Wildman–Crippen MR) is 74.4 cm³/mol. The molecule has 2 aromatic rings. The van der Waals surface area contributed by atoms with Crippen LogP contribution in [0, 0.1) is 6.92 Å². The van der Waals surface area contributed by atoms with Crippen molar-refractivity contribution in [2.75, 3.05) is 19.4 Å². The fourth-order valence-corrected chi connectivity index (χ4v) is 3.45. The van der Waals surface area contributed by atoms with E-state index in [0.717, 1.165) is 15.6 Å². The highest BCUT2D eigenvalue weighted by Gasteiger charge is 2.21. The quantitative estimate of drug-likeness (QED) is 0.924. The van der Waals surface area contributed by atoms with Crippen LogP contribution < -0.4 is 5.32 Å². The molecule has 2 rings (SSSR count). The van der Waals surface area contributed by atoms with Crippen molar-refractivity contribution >= 4 is 33.1 Å². The van der Waals surface area contributed by atoms with Crippen molar-refractivity contribution < 1.29 is 17.7 Å². The molecule has 0 atom stereocenters. The number of aromatic nitrogens is 1. The summed E-state index contributed by atoms with van der Waals surface area (Å²) in [6, 6.07) is 2.91. The van der Waals surface area contributed by atoms with E-state index >= 15 is 0 Å². The Morgan fingerprint density at radius 3 is 2.65 bits per heavy atom. The molecular weight excluding hydrogens is 302 g/mol. The highest BCUT2D eigenvalue weighted by atomic mass is 32.2. The molecule has 0 spiro atoms. The van der Waals surface area contributed by atoms with Crippen LogP contribution in [0.15, 0.2) is 26.9 Å². The lowest BCUT2D eigenvalue weighted by Crippen LogP contribution is -2.21. The van der Waals surface area contributed by atoms with Crippen LogP contribution in [0.25, 0.3) is 0 Å². The minimum Gasteiger partial charge on any atom is -0.360 e. The molecule has 0 aliphatic heterocycles. The van der Waals surface area contributed by atoms with Gasteiger partial charge in [0.2, 0.25) is 10.0 Å². The van der Waals surface area contributed by atoms with Crippen molar-refractivity contribution in [1.82, 2.24) is 9.46 Å². The van der Waals surface area contributed by atoms with E-state index in [0.29, 0.717) is 5.76 Å². The van der Waals surface area contributed by atoms with Gasteiger partial charge in [-0.25, -0.2) is 12.7 Å². The van der Waals surface area contributed by atoms with Crippen LogP contribution in [0.1, 0.15) is 15.4 Å². The lowest BCUT2D eigenvalue weighted by molar-refractivity contribution is 0.102. The lowest BCUT2D eigenvalue weighted by Gasteiger charge is -2.08. The van der Waals surface area contributed by atoms with Crippen molar-refractivity contribution in [3.05, 3.63) is 28.2 Å². The number of nitrogens with zero attached hydrogens (tertiary/aromatic N) is 2. The van der Waals surface area contributed by atoms with Gasteiger partial charge < -0.3 is 9.84 Å². The number of amides is 1. The van der Waals surface area contributed by atoms with E-state index in [-0.39, 0.29) is 15.6 Å². The molecule has 9 heteroatoms. The largest absolute Gasteiger partial charge is 0.360 e. The van der Waals surface area contributed by atoms with Gasteiger partial charge in [-0.2, -0.15) is 0 Å². The van der Waals surface area contributed by atoms with Gasteiger partial charge in [-0.1, -0.05) is 5.16 Å². The van der Waals surface area contributed by atoms with E-state index in [4.69, 9.17) is 4.52 Å². The number of aryl methyl sites for hydroxylation is 1. The third-order valence-electron chi connectivity index (χ3n) is 2.45. The molecule has 7 nitrogen and oxygen atoms in total. The summed E-state index contributed by atoms with van der Waals surface area (Å²) in [6.45, 7) is 1.70. The summed E-state index contributed by atoms with van der Waals surface area (Å²) in [6.07, 6.45) is 0. The zero-order chi connectivity index (χ0) is 14.9. The zero-order valence-corrected chi connectivity index (χ0v) is 12.7. The molecule has 0 saturated carbocycles. The number of anilines is 1. The fourth-order valence-electron chi connectivity index (χ4n) is 1.39. The Kier molecular flexibility index (Phi) is 3.93. The van der Waals surface area contributed by atoms with Gasteiger partial charge in [0, 0.05) is 25.5 Å². The van der Waals surface area contributed by atoms with Crippen molar-refractivity contribution in [3.8, 4) is 0 Å². The Bertz CT molecular complexity index is 730. The normalized spacial score (nSPS) is 11.8. The predicted octanol–water partition coefficient (Wildman–Crippen LogP) is 1.55. The van der Waals surface area contributed by atoms with E-state index in [1.165, 1.54) is 25.5 Å². The summed E-state index contributed by atoms with van der Waals surface area (Å²) in [5.41, 5.74) is 0. The highest BCUT2D eigenvalue weighted by molar-refractivity contribution is 7.89. The standard InChI is InChI=1S/C11H13N3O4S2/c1-7-4-10(13-18-7)12-11(15)9-5-8(6-19-9)20(16,17)14(2)3/h4-6H,1-3H3,(H,12,13,15). The van der Waals surface area contributed by atoms with E-state index in [2.05, 4.69) is 10.5 Å². The lowest BCUT2D eigenvalue weighted by atomic mass is 10.4. The summed E-state index contributed by atoms with van der Waals surface area (Å²) >= 11 is 1.05. The van der Waals surface area contributed by atoms with Gasteiger partial charge in [0.25, 0.3) is 5.91 Å². The molecule has 108 valence electrons. The summed E-state index contributed by atoms with van der Waals surface area (Å²) < 4.78 is 29.7. The average Bonchev–Trinajstić information content (AvgIpc) is 2.98. The average molecular weight is 315 g/mol. The van der Waals surface area contributed by atoms with Gasteiger partial charge in [-0.15, -0.1) is 11.3 Å². The maximum Gasteiger partial charge on any atom is 0.267 e. The number of carbonyl (C=O) groups is 1. The second kappa shape index (κ2) is 5.35. The maximum absolute atomic E-state index is 11.9. The number of nitrogens with one attached hydrogen (secondary N) is 1. The van der Waals surface area contributed by atoms with Gasteiger partial charge in [0.05, 0.1) is 9.77 Å². The highest BCUT2D eigenvalue weighted by Crippen LogP contribution is 2.22. The van der Waals surface area contributed by atoms with Gasteiger partial charge in [-0.3, -0.25) is 4.79 Å². The van der Waals surface area contributed by atoms with Gasteiger partial charge in [0.15, 0.2) is 5.82 Å². The molecule has 2 heterocycles. The number of rotatable bonds is 4. The number of hydrogen-bond acceptors (Lipinski definition) is 6. The first-order valence-corrected chi connectivity index (χ1v) is 7.88. The third kappa shape index (κ3) is 2.89. The third-order valence-corrected chi connectivity index (χ3v) is 5.32. The Balaban J connectivity index is 2.19. The number of sulfonamides is 1. The summed E-state index contributed by atoms with van der Waals surface area (Å²) in [5.74, 6) is 0.434. The second-order valence-electron chi connectivity index (χ2n) is 4.21. The first-order chi connectivity index (χ1) is 9.30. The van der Waals surface area contributed by atoms with Crippen LogP contribution in [-0.2, 0) is 10.0 Å². The van der Waals surface area contributed by atoms with Crippen molar-refractivity contribution in [3.63, 3.8) is 0 Å². The van der Waals surface area contributed by atoms with E-state index in [1.807, 2.05) is 0 Å². The molecule has 1 N–H and O–H groups in total. The molecule has 0 aliphatic rings. The molecule has 0 aliphatic carbocycles. The molecule has 0 bridgehead atoms. The Labute approximate surface area is 120 Å². The maximum atomic E-state index is 11.9. The summed E-state index contributed by atoms with van der Waals surface area (Å²) in [7, 11) is -0.658. The molecular formula is C11H13N3O4S2. The van der Waals surface area contributed by atoms with Crippen molar-refractivity contribution in [2.45, 2.75) is 11.8 Å². The monoisotopic (exact) mass is 315 g/mol. The van der Waals surface area contributed by atoms with Crippen LogP contribution >= 0.6 is 11.3 Å². The Morgan fingerprint density at radius 1 is 1.40 bits per heavy atom. The molecule has 0 fully saturated rings. The van der Waals surface area contributed by atoms with E-state index in [9.17, 15) is 13.2 Å².